The molecule has 6 heterocycles. The van der Waals surface area contributed by atoms with E-state index in [-0.39, 0.29) is 0 Å². The van der Waals surface area contributed by atoms with Crippen molar-refractivity contribution in [2.45, 2.75) is 0 Å². The third-order valence-corrected chi connectivity index (χ3v) is 29.4. The molecule has 0 atom stereocenters. The van der Waals surface area contributed by atoms with Crippen LogP contribution in [0, 0.1) is 0 Å². The van der Waals surface area contributed by atoms with Gasteiger partial charge in [-0.2, -0.15) is 0 Å². The molecule has 0 aliphatic carbocycles. The van der Waals surface area contributed by atoms with Crippen molar-refractivity contribution in [3.8, 4) is 67.5 Å². The molecule has 30 rings (SSSR count). The minimum Gasteiger partial charge on any atom is -0.310 e. The summed E-state index contributed by atoms with van der Waals surface area (Å²) in [5, 5.41) is 25.1. The molecule has 0 spiro atoms. The van der Waals surface area contributed by atoms with E-state index >= 15 is 0 Å². The van der Waals surface area contributed by atoms with Crippen LogP contribution in [0.15, 0.2) is 540 Å². The number of hydrogen-bond donors (Lipinski definition) is 0. The lowest BCUT2D eigenvalue weighted by Gasteiger charge is -2.26. The van der Waals surface area contributed by atoms with Gasteiger partial charge in [-0.05, 0) is 201 Å². The third-order valence-electron chi connectivity index (χ3n) is 29.4. The number of rotatable bonds is 12. The fourth-order valence-corrected chi connectivity index (χ4v) is 23.2. The summed E-state index contributed by atoms with van der Waals surface area (Å²) in [7, 11) is 0. The zero-order valence-electron chi connectivity index (χ0n) is 78.0. The first-order valence-electron chi connectivity index (χ1n) is 49.2. The van der Waals surface area contributed by atoms with E-state index in [0.29, 0.717) is 0 Å². The molecular formula is C136H89N7. The number of aromatic nitrogens is 6. The van der Waals surface area contributed by atoms with Crippen molar-refractivity contribution in [1.29, 1.82) is 0 Å². The number of nitrogens with zero attached hydrogens (tertiary/aromatic N) is 7. The molecule has 0 aliphatic heterocycles. The van der Waals surface area contributed by atoms with Gasteiger partial charge in [-0.3, -0.25) is 0 Å². The maximum Gasteiger partial charge on any atom is 0.0619 e. The van der Waals surface area contributed by atoms with Crippen LogP contribution in [0.5, 0.6) is 0 Å². The second-order valence-corrected chi connectivity index (χ2v) is 37.3. The van der Waals surface area contributed by atoms with Gasteiger partial charge in [0.2, 0.25) is 0 Å². The van der Waals surface area contributed by atoms with Crippen molar-refractivity contribution >= 4 is 191 Å². The highest BCUT2D eigenvalue weighted by Crippen LogP contribution is 2.50. The van der Waals surface area contributed by atoms with Crippen LogP contribution in [0.3, 0.4) is 0 Å². The van der Waals surface area contributed by atoms with Crippen molar-refractivity contribution in [2.24, 2.45) is 0 Å². The lowest BCUT2D eigenvalue weighted by Crippen LogP contribution is -2.10. The molecule has 0 saturated heterocycles. The molecule has 7 nitrogen and oxygen atoms in total. The van der Waals surface area contributed by atoms with Gasteiger partial charge in [-0.15, -0.1) is 0 Å². The molecule has 30 aromatic rings. The monoisotopic (exact) mass is 1820 g/mol. The Morgan fingerprint density at radius 1 is 0.126 bits per heavy atom. The molecule has 24 aromatic carbocycles. The molecule has 668 valence electrons. The molecule has 0 saturated carbocycles. The fourth-order valence-electron chi connectivity index (χ4n) is 23.2. The van der Waals surface area contributed by atoms with Crippen LogP contribution in [0.1, 0.15) is 0 Å². The molecule has 7 heteroatoms. The number of hydrogen-bond acceptors (Lipinski definition) is 1. The van der Waals surface area contributed by atoms with Gasteiger partial charge in [-0.25, -0.2) is 0 Å². The van der Waals surface area contributed by atoms with Crippen LogP contribution in [0.4, 0.5) is 17.1 Å². The first-order chi connectivity index (χ1) is 71.0. The van der Waals surface area contributed by atoms with E-state index < -0.39 is 0 Å². The normalized spacial score (nSPS) is 11.8. The van der Waals surface area contributed by atoms with Gasteiger partial charge in [0.25, 0.3) is 0 Å². The molecule has 0 amide bonds. The van der Waals surface area contributed by atoms with E-state index in [4.69, 9.17) is 0 Å². The summed E-state index contributed by atoms with van der Waals surface area (Å²) in [5.41, 5.74) is 32.1. The first-order valence-corrected chi connectivity index (χ1v) is 49.2. The summed E-state index contributed by atoms with van der Waals surface area (Å²) < 4.78 is 14.8. The van der Waals surface area contributed by atoms with Gasteiger partial charge in [0.05, 0.1) is 77.6 Å². The number of anilines is 3. The smallest absolute Gasteiger partial charge is 0.0619 e. The van der Waals surface area contributed by atoms with Crippen LogP contribution in [0.25, 0.3) is 241 Å². The molecule has 0 unspecified atom stereocenters. The Morgan fingerprint density at radius 3 is 0.853 bits per heavy atom. The highest BCUT2D eigenvalue weighted by molar-refractivity contribution is 6.28. The van der Waals surface area contributed by atoms with Crippen molar-refractivity contribution in [2.75, 3.05) is 4.90 Å². The number of fused-ring (bicyclic) bond motifs is 25. The largest absolute Gasteiger partial charge is 0.310 e. The Morgan fingerprint density at radius 2 is 0.427 bits per heavy atom. The van der Waals surface area contributed by atoms with Crippen molar-refractivity contribution in [3.63, 3.8) is 0 Å². The zero-order valence-corrected chi connectivity index (χ0v) is 78.0. The number of para-hydroxylation sites is 8. The minimum absolute atomic E-state index is 1.10. The average molecular weight is 1820 g/mol. The lowest BCUT2D eigenvalue weighted by molar-refractivity contribution is 1.16. The summed E-state index contributed by atoms with van der Waals surface area (Å²) in [6, 6.07) is 196. The topological polar surface area (TPSA) is 32.8 Å². The van der Waals surface area contributed by atoms with Gasteiger partial charge in [0, 0.05) is 132 Å². The summed E-state index contributed by atoms with van der Waals surface area (Å²) >= 11 is 0. The Labute approximate surface area is 824 Å². The summed E-state index contributed by atoms with van der Waals surface area (Å²) in [4.78, 5) is 2.33. The Balaban J connectivity index is 0.000000105. The molecular weight excluding hydrogens is 1730 g/mol. The summed E-state index contributed by atoms with van der Waals surface area (Å²) in [5.74, 6) is 0. The van der Waals surface area contributed by atoms with E-state index in [1.807, 2.05) is 0 Å². The van der Waals surface area contributed by atoms with Crippen molar-refractivity contribution < 1.29 is 0 Å². The van der Waals surface area contributed by atoms with Crippen LogP contribution in [-0.4, -0.2) is 27.4 Å². The van der Waals surface area contributed by atoms with Gasteiger partial charge in [0.15, 0.2) is 0 Å². The van der Waals surface area contributed by atoms with E-state index in [2.05, 4.69) is 572 Å². The molecule has 0 fully saturated rings. The molecule has 0 N–H and O–H groups in total. The van der Waals surface area contributed by atoms with Gasteiger partial charge < -0.3 is 32.3 Å². The zero-order chi connectivity index (χ0) is 94.1. The third kappa shape index (κ3) is 13.5. The van der Waals surface area contributed by atoms with E-state index in [9.17, 15) is 0 Å². The Bertz CT molecular complexity index is 10200. The summed E-state index contributed by atoms with van der Waals surface area (Å²) in [6.45, 7) is 0. The second kappa shape index (κ2) is 34.0. The summed E-state index contributed by atoms with van der Waals surface area (Å²) in [6.07, 6.45) is 0. The Hall–Kier alpha value is -19.1. The first kappa shape index (κ1) is 82.2. The van der Waals surface area contributed by atoms with Crippen LogP contribution < -0.4 is 4.90 Å². The molecule has 0 bridgehead atoms. The molecule has 0 aliphatic rings. The number of benzene rings is 24. The highest BCUT2D eigenvalue weighted by Gasteiger charge is 2.28. The van der Waals surface area contributed by atoms with Crippen LogP contribution in [-0.2, 0) is 0 Å². The van der Waals surface area contributed by atoms with Crippen LogP contribution in [0.2, 0.25) is 0 Å². The van der Waals surface area contributed by atoms with Gasteiger partial charge in [0.1, 0.15) is 0 Å². The fraction of sp³-hybridized carbons (Fsp3) is 0. The molecule has 0 radical (unpaired) electrons. The average Bonchev–Trinajstić information content (AvgIpc) is 1.55. The molecule has 6 aromatic heterocycles. The van der Waals surface area contributed by atoms with E-state index in [0.717, 1.165) is 34.1 Å². The maximum absolute atomic E-state index is 2.48. The minimum atomic E-state index is 1.10. The van der Waals surface area contributed by atoms with Crippen molar-refractivity contribution in [3.05, 3.63) is 540 Å². The van der Waals surface area contributed by atoms with Gasteiger partial charge >= 0.3 is 0 Å². The predicted octanol–water partition coefficient (Wildman–Crippen LogP) is 36.7. The second-order valence-electron chi connectivity index (χ2n) is 37.3. The van der Waals surface area contributed by atoms with E-state index in [1.54, 1.807) is 0 Å². The van der Waals surface area contributed by atoms with Crippen molar-refractivity contribution in [1.82, 2.24) is 27.4 Å². The SMILES string of the molecule is c1ccc(-c2ccc(-n3c4ccccc4c4cc5c6ccc7ccccc7c6n(-c6ccccc6)c5cc43)c(-c3ccccc3)c2)cc1.c1ccc(-c2ccc(-n3c4ccccc4c4cc5c6ccc7ccccc7c6n(-c6ccccc6)c5cc43)c3ccccc23)cc1.c1ccc(N(c2ccccc2)c2cccc(-n3c4ccccc4c4cc5c6ccc7ccccc7c6n(-c6ccccc6)c5cc43)c2)cc1. The Kier molecular flexibility index (Phi) is 19.5. The quantitative estimate of drug-likeness (QED) is 0.120. The predicted molar refractivity (Wildman–Crippen MR) is 606 cm³/mol. The molecule has 143 heavy (non-hydrogen) atoms. The van der Waals surface area contributed by atoms with Crippen LogP contribution >= 0.6 is 0 Å². The van der Waals surface area contributed by atoms with Gasteiger partial charge in [-0.1, -0.05) is 388 Å². The maximum atomic E-state index is 2.48. The standard InChI is InChI=1S/C46H31N3.C46H30N2.C44H28N2/c1-4-16-33(17-5-1)47(34-18-6-2-7-19-34)36-22-14-23-37(29-36)48-43-26-13-12-25-39(43)41-30-42-40-28-27-32-15-10-11-24-38(32)46(40)49(45(42)31-44(41)48)35-20-8-3-9-21-35;1-4-14-31(15-5-1)34-25-27-43(39(28-34)32-16-6-2-7-17-32)48-42-23-13-12-22-37(42)40-29-41-38-26-24-33-18-10-11-21-36(33)46(38)47(44(41)30-45(40)48)35-19-8-3-9-20-35;1-3-13-29(14-4-1)32-25-26-41(35-20-10-9-19-34(32)35)46-40-22-12-11-21-36(40)38-27-39-37-24-23-30-15-7-8-18-33(30)44(37)45(42(39)28-43(38)46)31-16-5-2-6-17-31/h1-31H;1-30H;1-28H. The highest BCUT2D eigenvalue weighted by atomic mass is 15.1. The van der Waals surface area contributed by atoms with E-state index in [1.165, 1.54) is 224 Å². The lowest BCUT2D eigenvalue weighted by atomic mass is 9.97.